The van der Waals surface area contributed by atoms with Gasteiger partial charge in [0.2, 0.25) is 5.91 Å². The third kappa shape index (κ3) is 16.1. The van der Waals surface area contributed by atoms with Crippen molar-refractivity contribution in [1.82, 2.24) is 4.90 Å². The molecule has 1 N–H and O–H groups in total. The zero-order valence-electron chi connectivity index (χ0n) is 22.2. The summed E-state index contributed by atoms with van der Waals surface area (Å²) in [6.07, 6.45) is 34.1. The van der Waals surface area contributed by atoms with Crippen molar-refractivity contribution in [2.24, 2.45) is 0 Å². The minimum absolute atomic E-state index is 0.0223. The number of aliphatic carboxylic acids is 1. The van der Waals surface area contributed by atoms with Gasteiger partial charge < -0.3 is 10.0 Å². The van der Waals surface area contributed by atoms with E-state index in [0.29, 0.717) is 19.4 Å². The number of allylic oxidation sites excluding steroid dienone is 4. The summed E-state index contributed by atoms with van der Waals surface area (Å²) < 4.78 is 0. The monoisotopic (exact) mass is 475 g/mol. The van der Waals surface area contributed by atoms with E-state index in [0.717, 1.165) is 38.5 Å². The van der Waals surface area contributed by atoms with E-state index in [1.54, 1.807) is 4.90 Å². The van der Waals surface area contributed by atoms with Crippen molar-refractivity contribution >= 4 is 11.9 Å². The van der Waals surface area contributed by atoms with Crippen LogP contribution in [-0.2, 0) is 9.59 Å². The zero-order chi connectivity index (χ0) is 24.7. The molecular weight excluding hydrogens is 422 g/mol. The molecule has 0 saturated carbocycles. The topological polar surface area (TPSA) is 57.6 Å². The first-order chi connectivity index (χ1) is 16.7. The summed E-state index contributed by atoms with van der Waals surface area (Å²) in [4.78, 5) is 25.0. The van der Waals surface area contributed by atoms with Gasteiger partial charge in [-0.1, -0.05) is 108 Å². The molecule has 4 heteroatoms. The van der Waals surface area contributed by atoms with Crippen molar-refractivity contribution in [1.29, 1.82) is 0 Å². The van der Waals surface area contributed by atoms with E-state index in [1.807, 2.05) is 0 Å². The minimum atomic E-state index is -0.858. The molecule has 0 aliphatic carbocycles. The Hall–Kier alpha value is -1.58. The molecule has 196 valence electrons. The summed E-state index contributed by atoms with van der Waals surface area (Å²) in [7, 11) is 0. The van der Waals surface area contributed by atoms with Gasteiger partial charge in [0, 0.05) is 13.0 Å². The summed E-state index contributed by atoms with van der Waals surface area (Å²) in [6.45, 7) is 2.89. The molecule has 0 aromatic rings. The molecule has 0 radical (unpaired) electrons. The molecule has 0 bridgehead atoms. The number of likely N-dealkylation sites (tertiary alicyclic amines) is 1. The van der Waals surface area contributed by atoms with Crippen molar-refractivity contribution in [2.75, 3.05) is 6.54 Å². The molecule has 4 nitrogen and oxygen atoms in total. The second-order valence-corrected chi connectivity index (χ2v) is 10.0. The number of rotatable bonds is 22. The van der Waals surface area contributed by atoms with Gasteiger partial charge in [-0.2, -0.15) is 0 Å². The van der Waals surface area contributed by atoms with Gasteiger partial charge in [-0.25, -0.2) is 4.79 Å². The van der Waals surface area contributed by atoms with Crippen LogP contribution >= 0.6 is 0 Å². The second-order valence-electron chi connectivity index (χ2n) is 10.0. The lowest BCUT2D eigenvalue weighted by Gasteiger charge is -2.21. The largest absolute Gasteiger partial charge is 0.480 e. The fourth-order valence-corrected chi connectivity index (χ4v) is 4.79. The molecule has 1 atom stereocenters. The molecule has 0 aromatic carbocycles. The van der Waals surface area contributed by atoms with Crippen LogP contribution < -0.4 is 0 Å². The fraction of sp³-hybridized carbons (Fsp3) is 0.800. The van der Waals surface area contributed by atoms with Crippen molar-refractivity contribution in [3.63, 3.8) is 0 Å². The van der Waals surface area contributed by atoms with Gasteiger partial charge >= 0.3 is 5.97 Å². The van der Waals surface area contributed by atoms with Gasteiger partial charge in [0.1, 0.15) is 6.04 Å². The molecule has 34 heavy (non-hydrogen) atoms. The quantitative estimate of drug-likeness (QED) is 0.126. The Kier molecular flexibility index (Phi) is 19.6. The van der Waals surface area contributed by atoms with E-state index in [9.17, 15) is 14.7 Å². The lowest BCUT2D eigenvalue weighted by Crippen LogP contribution is -2.40. The van der Waals surface area contributed by atoms with Crippen LogP contribution in [0.5, 0.6) is 0 Å². The Balaban J connectivity index is 1.83. The predicted molar refractivity (Wildman–Crippen MR) is 144 cm³/mol. The molecule has 1 aliphatic rings. The van der Waals surface area contributed by atoms with Crippen molar-refractivity contribution in [3.8, 4) is 0 Å². The first-order valence-electron chi connectivity index (χ1n) is 14.5. The highest BCUT2D eigenvalue weighted by atomic mass is 16.4. The maximum atomic E-state index is 12.2. The van der Waals surface area contributed by atoms with E-state index >= 15 is 0 Å². The first-order valence-corrected chi connectivity index (χ1v) is 14.5. The van der Waals surface area contributed by atoms with Crippen molar-refractivity contribution in [3.05, 3.63) is 24.3 Å². The number of carboxylic acid groups (broad SMARTS) is 1. The number of hydrogen-bond donors (Lipinski definition) is 1. The van der Waals surface area contributed by atoms with E-state index in [1.165, 1.54) is 83.5 Å². The molecule has 1 rings (SSSR count). The van der Waals surface area contributed by atoms with E-state index in [2.05, 4.69) is 31.2 Å². The Morgan fingerprint density at radius 3 is 1.76 bits per heavy atom. The fourth-order valence-electron chi connectivity index (χ4n) is 4.79. The van der Waals surface area contributed by atoms with Crippen LogP contribution in [0.15, 0.2) is 24.3 Å². The maximum Gasteiger partial charge on any atom is 0.326 e. The Morgan fingerprint density at radius 1 is 0.735 bits per heavy atom. The van der Waals surface area contributed by atoms with E-state index in [-0.39, 0.29) is 5.91 Å². The number of hydrogen-bond acceptors (Lipinski definition) is 2. The average Bonchev–Trinajstić information content (AvgIpc) is 3.33. The molecular formula is C30H53NO3. The van der Waals surface area contributed by atoms with Crippen molar-refractivity contribution in [2.45, 2.75) is 148 Å². The second kappa shape index (κ2) is 21.9. The van der Waals surface area contributed by atoms with Gasteiger partial charge in [-0.05, 0) is 51.4 Å². The van der Waals surface area contributed by atoms with Gasteiger partial charge in [0.15, 0.2) is 0 Å². The number of carbonyl (C=O) groups is 2. The predicted octanol–water partition coefficient (Wildman–Crippen LogP) is 8.61. The molecule has 1 unspecified atom stereocenters. The van der Waals surface area contributed by atoms with Gasteiger partial charge in [0.25, 0.3) is 0 Å². The molecule has 1 fully saturated rings. The van der Waals surface area contributed by atoms with Crippen LogP contribution in [0.2, 0.25) is 0 Å². The lowest BCUT2D eigenvalue weighted by atomic mass is 10.1. The van der Waals surface area contributed by atoms with Crippen LogP contribution in [0.1, 0.15) is 142 Å². The summed E-state index contributed by atoms with van der Waals surface area (Å²) in [5.41, 5.74) is 0. The Labute approximate surface area is 210 Å². The highest BCUT2D eigenvalue weighted by molar-refractivity contribution is 5.84. The Bertz CT molecular complexity index is 569. The first kappa shape index (κ1) is 30.5. The molecule has 1 aliphatic heterocycles. The van der Waals surface area contributed by atoms with Crippen LogP contribution in [0.25, 0.3) is 0 Å². The highest BCUT2D eigenvalue weighted by Gasteiger charge is 2.33. The average molecular weight is 476 g/mol. The van der Waals surface area contributed by atoms with Crippen LogP contribution in [0, 0.1) is 0 Å². The number of unbranched alkanes of at least 4 members (excludes halogenated alkanes) is 15. The smallest absolute Gasteiger partial charge is 0.326 e. The highest BCUT2D eigenvalue weighted by Crippen LogP contribution is 2.19. The summed E-state index contributed by atoms with van der Waals surface area (Å²) in [5.74, 6) is -0.836. The number of amides is 1. The zero-order valence-corrected chi connectivity index (χ0v) is 22.2. The normalized spacial score (nSPS) is 16.3. The molecule has 1 saturated heterocycles. The third-order valence-electron chi connectivity index (χ3n) is 6.95. The number of nitrogens with zero attached hydrogens (tertiary/aromatic N) is 1. The summed E-state index contributed by atoms with van der Waals surface area (Å²) in [5, 5.41) is 9.18. The van der Waals surface area contributed by atoms with E-state index in [4.69, 9.17) is 0 Å². The SMILES string of the molecule is CCCCCCCCCCCC/C=C\C/C=C\CCCCCCCC(=O)N1CCCC1C(=O)O. The molecule has 0 spiro atoms. The summed E-state index contributed by atoms with van der Waals surface area (Å²) in [6, 6.07) is -0.589. The molecule has 0 aromatic heterocycles. The van der Waals surface area contributed by atoms with Crippen LogP contribution in [0.3, 0.4) is 0 Å². The van der Waals surface area contributed by atoms with Crippen LogP contribution in [-0.4, -0.2) is 34.5 Å². The number of carbonyl (C=O) groups excluding carboxylic acids is 1. The minimum Gasteiger partial charge on any atom is -0.480 e. The van der Waals surface area contributed by atoms with Gasteiger partial charge in [0.05, 0.1) is 0 Å². The van der Waals surface area contributed by atoms with Gasteiger partial charge in [-0.3, -0.25) is 4.79 Å². The standard InChI is InChI=1S/C30H53NO3/c1-2-3-4-5-6-7-8-9-10-11-12-13-14-15-16-17-18-19-20-21-22-23-26-29(32)31-27-24-25-28(31)30(33)34/h13-14,16-17,28H,2-12,15,18-27H2,1H3,(H,33,34)/b14-13-,17-16-. The summed E-state index contributed by atoms with van der Waals surface area (Å²) >= 11 is 0. The lowest BCUT2D eigenvalue weighted by molar-refractivity contribution is -0.148. The third-order valence-corrected chi connectivity index (χ3v) is 6.95. The molecule has 1 amide bonds. The Morgan fingerprint density at radius 2 is 1.24 bits per heavy atom. The maximum absolute atomic E-state index is 12.2. The molecule has 1 heterocycles. The van der Waals surface area contributed by atoms with E-state index < -0.39 is 12.0 Å². The number of carboxylic acids is 1. The van der Waals surface area contributed by atoms with Crippen molar-refractivity contribution < 1.29 is 14.7 Å². The van der Waals surface area contributed by atoms with Gasteiger partial charge in [-0.15, -0.1) is 0 Å². The van der Waals surface area contributed by atoms with Crippen LogP contribution in [0.4, 0.5) is 0 Å².